The molecule has 0 spiro atoms. The Hall–Kier alpha value is -1.70. The summed E-state index contributed by atoms with van der Waals surface area (Å²) in [5.41, 5.74) is 1.45. The van der Waals surface area contributed by atoms with Crippen molar-refractivity contribution in [2.24, 2.45) is 5.92 Å². The van der Waals surface area contributed by atoms with Crippen LogP contribution >= 0.6 is 15.9 Å². The SMILES string of the molecule is O=C(Nc1ccccc1Br)C1CCCN(S(=O)(=O)Cc2ccccc2)C1. The highest BCUT2D eigenvalue weighted by Crippen LogP contribution is 2.25. The monoisotopic (exact) mass is 436 g/mol. The van der Waals surface area contributed by atoms with Gasteiger partial charge in [-0.2, -0.15) is 0 Å². The molecule has 0 radical (unpaired) electrons. The third-order valence-corrected chi connectivity index (χ3v) is 6.98. The Balaban J connectivity index is 1.67. The molecule has 5 nitrogen and oxygen atoms in total. The molecule has 0 saturated carbocycles. The molecule has 2 aromatic carbocycles. The first kappa shape index (κ1) is 19.1. The van der Waals surface area contributed by atoms with E-state index < -0.39 is 10.0 Å². The highest BCUT2D eigenvalue weighted by atomic mass is 79.9. The van der Waals surface area contributed by atoms with Crippen molar-refractivity contribution in [1.29, 1.82) is 0 Å². The van der Waals surface area contributed by atoms with Crippen LogP contribution in [0.25, 0.3) is 0 Å². The number of halogens is 1. The minimum Gasteiger partial charge on any atom is -0.325 e. The largest absolute Gasteiger partial charge is 0.325 e. The highest BCUT2D eigenvalue weighted by Gasteiger charge is 2.32. The maximum atomic E-state index is 12.7. The molecule has 1 amide bonds. The maximum Gasteiger partial charge on any atom is 0.228 e. The Morgan fingerprint density at radius 3 is 2.54 bits per heavy atom. The van der Waals surface area contributed by atoms with Crippen LogP contribution < -0.4 is 5.32 Å². The molecule has 3 rings (SSSR count). The van der Waals surface area contributed by atoms with Gasteiger partial charge in [0.15, 0.2) is 0 Å². The van der Waals surface area contributed by atoms with E-state index in [2.05, 4.69) is 21.2 Å². The molecule has 1 atom stereocenters. The molecule has 1 fully saturated rings. The molecule has 26 heavy (non-hydrogen) atoms. The summed E-state index contributed by atoms with van der Waals surface area (Å²) in [6.07, 6.45) is 1.37. The number of hydrogen-bond donors (Lipinski definition) is 1. The van der Waals surface area contributed by atoms with Crippen LogP contribution in [0.1, 0.15) is 18.4 Å². The van der Waals surface area contributed by atoms with Gasteiger partial charge in [-0.25, -0.2) is 12.7 Å². The zero-order chi connectivity index (χ0) is 18.6. The lowest BCUT2D eigenvalue weighted by Gasteiger charge is -2.31. The maximum absolute atomic E-state index is 12.7. The van der Waals surface area contributed by atoms with Crippen LogP contribution in [0.15, 0.2) is 59.1 Å². The Labute approximate surface area is 162 Å². The fourth-order valence-corrected chi connectivity index (χ4v) is 5.08. The number of para-hydroxylation sites is 1. The average Bonchev–Trinajstić information content (AvgIpc) is 2.64. The van der Waals surface area contributed by atoms with Gasteiger partial charge in [0.1, 0.15) is 0 Å². The summed E-state index contributed by atoms with van der Waals surface area (Å²) in [7, 11) is -3.44. The van der Waals surface area contributed by atoms with Gasteiger partial charge in [-0.05, 0) is 46.5 Å². The van der Waals surface area contributed by atoms with Crippen molar-refractivity contribution in [3.63, 3.8) is 0 Å². The van der Waals surface area contributed by atoms with Gasteiger partial charge in [0.25, 0.3) is 0 Å². The molecule has 1 aliphatic heterocycles. The third-order valence-electron chi connectivity index (χ3n) is 4.47. The summed E-state index contributed by atoms with van der Waals surface area (Å²) in [5, 5.41) is 2.89. The van der Waals surface area contributed by atoms with E-state index >= 15 is 0 Å². The van der Waals surface area contributed by atoms with E-state index in [1.165, 1.54) is 4.31 Å². The van der Waals surface area contributed by atoms with E-state index in [-0.39, 0.29) is 24.1 Å². The van der Waals surface area contributed by atoms with Crippen molar-refractivity contribution in [2.45, 2.75) is 18.6 Å². The molecule has 0 aliphatic carbocycles. The number of carbonyl (C=O) groups excluding carboxylic acids is 1. The Morgan fingerprint density at radius 1 is 1.12 bits per heavy atom. The molecular weight excluding hydrogens is 416 g/mol. The topological polar surface area (TPSA) is 66.5 Å². The van der Waals surface area contributed by atoms with Gasteiger partial charge in [0, 0.05) is 17.6 Å². The number of hydrogen-bond acceptors (Lipinski definition) is 3. The number of anilines is 1. The first-order valence-electron chi connectivity index (χ1n) is 8.53. The van der Waals surface area contributed by atoms with Crippen molar-refractivity contribution in [1.82, 2.24) is 4.31 Å². The van der Waals surface area contributed by atoms with E-state index in [1.54, 1.807) is 12.1 Å². The molecule has 1 unspecified atom stereocenters. The van der Waals surface area contributed by atoms with Crippen LogP contribution in [0.3, 0.4) is 0 Å². The molecule has 1 aliphatic rings. The summed E-state index contributed by atoms with van der Waals surface area (Å²) < 4.78 is 27.7. The standard InChI is InChI=1S/C19H21BrN2O3S/c20-17-10-4-5-11-18(17)21-19(23)16-9-6-12-22(13-16)26(24,25)14-15-7-2-1-3-8-15/h1-5,7-8,10-11,16H,6,9,12-14H2,(H,21,23). The Bertz CT molecular complexity index is 871. The van der Waals surface area contributed by atoms with Crippen LogP contribution in [0.4, 0.5) is 5.69 Å². The summed E-state index contributed by atoms with van der Waals surface area (Å²) in [6, 6.07) is 16.5. The predicted molar refractivity (Wildman–Crippen MR) is 106 cm³/mol. The second-order valence-corrected chi connectivity index (χ2v) is 9.23. The molecule has 1 saturated heterocycles. The van der Waals surface area contributed by atoms with Crippen molar-refractivity contribution >= 4 is 37.5 Å². The number of piperidine rings is 1. The third kappa shape index (κ3) is 4.72. The van der Waals surface area contributed by atoms with Crippen molar-refractivity contribution in [3.8, 4) is 0 Å². The minimum atomic E-state index is -3.44. The molecule has 0 aromatic heterocycles. The van der Waals surface area contributed by atoms with Gasteiger partial charge in [-0.1, -0.05) is 42.5 Å². The molecule has 1 heterocycles. The number of rotatable bonds is 5. The normalized spacial score (nSPS) is 18.4. The quantitative estimate of drug-likeness (QED) is 0.777. The molecule has 138 valence electrons. The predicted octanol–water partition coefficient (Wildman–Crippen LogP) is 3.63. The second-order valence-electron chi connectivity index (χ2n) is 6.41. The van der Waals surface area contributed by atoms with E-state index in [0.29, 0.717) is 25.1 Å². The summed E-state index contributed by atoms with van der Waals surface area (Å²) in [6.45, 7) is 0.694. The van der Waals surface area contributed by atoms with Crippen molar-refractivity contribution in [3.05, 3.63) is 64.6 Å². The lowest BCUT2D eigenvalue weighted by Crippen LogP contribution is -2.44. The number of sulfonamides is 1. The molecule has 0 bridgehead atoms. The van der Waals surface area contributed by atoms with Crippen LogP contribution in [0, 0.1) is 5.92 Å². The van der Waals surface area contributed by atoms with Crippen LogP contribution in [-0.2, 0) is 20.6 Å². The van der Waals surface area contributed by atoms with Crippen molar-refractivity contribution < 1.29 is 13.2 Å². The molecule has 2 aromatic rings. The van der Waals surface area contributed by atoms with E-state index in [9.17, 15) is 13.2 Å². The second kappa shape index (κ2) is 8.33. The molecule has 1 N–H and O–H groups in total. The fourth-order valence-electron chi connectivity index (χ4n) is 3.08. The zero-order valence-corrected chi connectivity index (χ0v) is 16.7. The van der Waals surface area contributed by atoms with E-state index in [4.69, 9.17) is 0 Å². The first-order chi connectivity index (χ1) is 12.5. The lowest BCUT2D eigenvalue weighted by atomic mass is 9.99. The smallest absolute Gasteiger partial charge is 0.228 e. The summed E-state index contributed by atoms with van der Waals surface area (Å²) in [4.78, 5) is 12.6. The van der Waals surface area contributed by atoms with E-state index in [0.717, 1.165) is 10.0 Å². The number of benzene rings is 2. The van der Waals surface area contributed by atoms with Crippen molar-refractivity contribution in [2.75, 3.05) is 18.4 Å². The van der Waals surface area contributed by atoms with Gasteiger partial charge in [-0.3, -0.25) is 4.79 Å². The molecular formula is C19H21BrN2O3S. The lowest BCUT2D eigenvalue weighted by molar-refractivity contribution is -0.120. The fraction of sp³-hybridized carbons (Fsp3) is 0.316. The number of nitrogens with zero attached hydrogens (tertiary/aromatic N) is 1. The molecule has 7 heteroatoms. The first-order valence-corrected chi connectivity index (χ1v) is 10.9. The van der Waals surface area contributed by atoms with E-state index in [1.807, 2.05) is 42.5 Å². The highest BCUT2D eigenvalue weighted by molar-refractivity contribution is 9.10. The average molecular weight is 437 g/mol. The number of amides is 1. The summed E-state index contributed by atoms with van der Waals surface area (Å²) in [5.74, 6) is -0.523. The minimum absolute atomic E-state index is 0.0353. The Kier molecular flexibility index (Phi) is 6.11. The van der Waals surface area contributed by atoms with Gasteiger partial charge in [0.05, 0.1) is 17.4 Å². The van der Waals surface area contributed by atoms with Crippen LogP contribution in [-0.4, -0.2) is 31.7 Å². The zero-order valence-electron chi connectivity index (χ0n) is 14.3. The summed E-state index contributed by atoms with van der Waals surface area (Å²) >= 11 is 3.41. The number of carbonyl (C=O) groups is 1. The van der Waals surface area contributed by atoms with Gasteiger partial charge in [0.2, 0.25) is 15.9 Å². The van der Waals surface area contributed by atoms with Gasteiger partial charge in [-0.15, -0.1) is 0 Å². The Morgan fingerprint density at radius 2 is 1.81 bits per heavy atom. The van der Waals surface area contributed by atoms with Crippen LogP contribution in [0.2, 0.25) is 0 Å². The van der Waals surface area contributed by atoms with Crippen LogP contribution in [0.5, 0.6) is 0 Å². The van der Waals surface area contributed by atoms with Gasteiger partial charge >= 0.3 is 0 Å². The number of nitrogens with one attached hydrogen (secondary N) is 1. The van der Waals surface area contributed by atoms with Gasteiger partial charge < -0.3 is 5.32 Å².